The summed E-state index contributed by atoms with van der Waals surface area (Å²) in [7, 11) is -9.91. The van der Waals surface area contributed by atoms with Crippen molar-refractivity contribution >= 4 is 39.5 Å². The minimum absolute atomic E-state index is 0.108. The maximum atomic E-state index is 13.1. The fourth-order valence-electron chi connectivity index (χ4n) is 12.5. The molecule has 0 fully saturated rings. The molecule has 0 aliphatic rings. The van der Waals surface area contributed by atoms with E-state index in [0.717, 1.165) is 89.9 Å². The van der Waals surface area contributed by atoms with Gasteiger partial charge >= 0.3 is 39.5 Å². The molecule has 0 saturated heterocycles. The van der Waals surface area contributed by atoms with Crippen molar-refractivity contribution in [3.63, 3.8) is 0 Å². The Morgan fingerprint density at radius 3 is 0.596 bits per heavy atom. The highest BCUT2D eigenvalue weighted by molar-refractivity contribution is 7.47. The van der Waals surface area contributed by atoms with Crippen molar-refractivity contribution in [2.24, 2.45) is 0 Å². The first kappa shape index (κ1) is 97.1. The minimum Gasteiger partial charge on any atom is -0.462 e. The number of phosphoric acid groups is 2. The number of ether oxygens (including phenoxy) is 4. The van der Waals surface area contributed by atoms with Gasteiger partial charge in [0, 0.05) is 25.7 Å². The molecule has 0 spiro atoms. The topological polar surface area (TPSA) is 237 Å². The lowest BCUT2D eigenvalue weighted by Crippen LogP contribution is -2.30. The number of rotatable bonds is 81. The Hall–Kier alpha value is -1.94. The normalized spacial score (nSPS) is 13.8. The third kappa shape index (κ3) is 74.1. The molecule has 0 aromatic rings. The molecule has 0 heterocycles. The lowest BCUT2D eigenvalue weighted by Gasteiger charge is -2.21. The van der Waals surface area contributed by atoms with E-state index in [0.29, 0.717) is 25.7 Å². The van der Waals surface area contributed by atoms with E-state index in [1.807, 2.05) is 0 Å². The average Bonchev–Trinajstić information content (AvgIpc) is 2.19. The van der Waals surface area contributed by atoms with Crippen molar-refractivity contribution in [3.8, 4) is 0 Å². The van der Waals surface area contributed by atoms with Gasteiger partial charge in [0.05, 0.1) is 26.4 Å². The van der Waals surface area contributed by atoms with Gasteiger partial charge in [0.2, 0.25) is 0 Å². The van der Waals surface area contributed by atoms with Crippen LogP contribution in [0.5, 0.6) is 0 Å². The highest BCUT2D eigenvalue weighted by atomic mass is 31.2. The van der Waals surface area contributed by atoms with Crippen LogP contribution in [0, 0.1) is 0 Å². The fourth-order valence-corrected chi connectivity index (χ4v) is 14.0. The van der Waals surface area contributed by atoms with Crippen LogP contribution in [0.4, 0.5) is 0 Å². The predicted octanol–water partition coefficient (Wildman–Crippen LogP) is 24.2. The number of aliphatic hydroxyl groups excluding tert-OH is 1. The molecule has 0 amide bonds. The van der Waals surface area contributed by atoms with Gasteiger partial charge in [-0.2, -0.15) is 0 Å². The van der Waals surface area contributed by atoms with Crippen LogP contribution < -0.4 is 0 Å². The van der Waals surface area contributed by atoms with Crippen LogP contribution in [-0.2, 0) is 65.4 Å². The Morgan fingerprint density at radius 2 is 0.404 bits per heavy atom. The number of hydrogen-bond acceptors (Lipinski definition) is 15. The van der Waals surface area contributed by atoms with Crippen molar-refractivity contribution in [2.75, 3.05) is 39.6 Å². The molecule has 17 nitrogen and oxygen atoms in total. The number of carbonyl (C=O) groups is 4. The summed E-state index contributed by atoms with van der Waals surface area (Å²) >= 11 is 0. The van der Waals surface area contributed by atoms with E-state index in [1.54, 1.807) is 0 Å². The molecule has 19 heteroatoms. The van der Waals surface area contributed by atoms with E-state index in [9.17, 15) is 43.2 Å². The average molecular weight is 1450 g/mol. The first-order chi connectivity index (χ1) is 48.2. The molecule has 2 unspecified atom stereocenters. The summed E-state index contributed by atoms with van der Waals surface area (Å²) in [5.74, 6) is -2.11. The summed E-state index contributed by atoms with van der Waals surface area (Å²) in [6.07, 6.45) is 66.7. The second-order valence-corrected chi connectivity index (χ2v) is 31.7. The molecule has 0 aliphatic carbocycles. The third-order valence-corrected chi connectivity index (χ3v) is 20.8. The van der Waals surface area contributed by atoms with Crippen LogP contribution in [0.25, 0.3) is 0 Å². The molecular formula is C80H156O17P2. The van der Waals surface area contributed by atoms with Crippen LogP contribution in [0.1, 0.15) is 432 Å². The summed E-state index contributed by atoms with van der Waals surface area (Å²) in [6, 6.07) is 0. The summed E-state index contributed by atoms with van der Waals surface area (Å²) in [5.41, 5.74) is 0. The van der Waals surface area contributed by atoms with E-state index < -0.39 is 97.5 Å². The standard InChI is InChI=1S/C80H156O17P2/c1-5-9-13-17-21-25-28-30-32-34-36-38-40-42-44-47-51-55-59-63-67-80(85)97-76(71-91-78(83)65-61-57-53-49-46-43-41-39-37-35-33-31-29-26-22-18-14-10-6-2)73-95-99(88,89)93-69-74(81)68-92-98(86,87)94-72-75(70-90-77(82)64-60-56-52-48-24-20-16-12-8-4)96-79(84)66-62-58-54-50-45-27-23-19-15-11-7-3/h74-76,81H,5-73H2,1-4H3,(H,86,87)(H,88,89)/t74-,75+,76+/m0/s1. The summed E-state index contributed by atoms with van der Waals surface area (Å²) < 4.78 is 68.6. The van der Waals surface area contributed by atoms with Crippen LogP contribution in [-0.4, -0.2) is 96.7 Å². The lowest BCUT2D eigenvalue weighted by molar-refractivity contribution is -0.161. The zero-order valence-electron chi connectivity index (χ0n) is 64.5. The Morgan fingerprint density at radius 1 is 0.242 bits per heavy atom. The second kappa shape index (κ2) is 74.3. The van der Waals surface area contributed by atoms with Crippen molar-refractivity contribution in [1.82, 2.24) is 0 Å². The predicted molar refractivity (Wildman–Crippen MR) is 405 cm³/mol. The largest absolute Gasteiger partial charge is 0.472 e. The van der Waals surface area contributed by atoms with Crippen LogP contribution in [0.2, 0.25) is 0 Å². The smallest absolute Gasteiger partial charge is 0.462 e. The van der Waals surface area contributed by atoms with E-state index in [-0.39, 0.29) is 25.7 Å². The number of aliphatic hydroxyl groups is 1. The Balaban J connectivity index is 5.18. The van der Waals surface area contributed by atoms with Crippen LogP contribution in [0.15, 0.2) is 0 Å². The quantitative estimate of drug-likeness (QED) is 0.0222. The minimum atomic E-state index is -4.96. The molecule has 0 radical (unpaired) electrons. The van der Waals surface area contributed by atoms with Gasteiger partial charge in [0.1, 0.15) is 19.3 Å². The molecule has 0 aromatic heterocycles. The van der Waals surface area contributed by atoms with Crippen molar-refractivity contribution in [1.29, 1.82) is 0 Å². The van der Waals surface area contributed by atoms with Gasteiger partial charge in [0.15, 0.2) is 12.2 Å². The van der Waals surface area contributed by atoms with Crippen molar-refractivity contribution < 1.29 is 80.2 Å². The molecule has 0 rings (SSSR count). The highest BCUT2D eigenvalue weighted by Crippen LogP contribution is 2.45. The molecule has 5 atom stereocenters. The number of unbranched alkanes of at least 4 members (excludes halogenated alkanes) is 55. The van der Waals surface area contributed by atoms with Crippen molar-refractivity contribution in [2.45, 2.75) is 451 Å². The first-order valence-corrected chi connectivity index (χ1v) is 44.8. The zero-order chi connectivity index (χ0) is 72.5. The van der Waals surface area contributed by atoms with E-state index >= 15 is 0 Å². The maximum absolute atomic E-state index is 13.1. The highest BCUT2D eigenvalue weighted by Gasteiger charge is 2.30. The number of esters is 4. The SMILES string of the molecule is CCCCCCCCCCCCCCCCCCCCCCC(=O)O[C@H](COC(=O)CCCCCCCCCCCCCCCCCCCCC)COP(=O)(O)OC[C@@H](O)COP(=O)(O)OC[C@@H](COC(=O)CCCCCCCCCCC)OC(=O)CCCCCCCCCCCCC. The molecule has 0 aliphatic heterocycles. The molecule has 0 saturated carbocycles. The monoisotopic (exact) mass is 1450 g/mol. The molecule has 99 heavy (non-hydrogen) atoms. The third-order valence-electron chi connectivity index (χ3n) is 18.9. The number of hydrogen-bond donors (Lipinski definition) is 3. The van der Waals surface area contributed by atoms with Crippen LogP contribution in [0.3, 0.4) is 0 Å². The molecule has 588 valence electrons. The van der Waals surface area contributed by atoms with Gasteiger partial charge in [-0.05, 0) is 25.7 Å². The van der Waals surface area contributed by atoms with Gasteiger partial charge in [-0.3, -0.25) is 37.3 Å². The molecule has 0 bridgehead atoms. The zero-order valence-corrected chi connectivity index (χ0v) is 66.3. The molecular weight excluding hydrogens is 1290 g/mol. The van der Waals surface area contributed by atoms with Gasteiger partial charge in [-0.1, -0.05) is 381 Å². The first-order valence-electron chi connectivity index (χ1n) is 41.8. The summed E-state index contributed by atoms with van der Waals surface area (Å²) in [4.78, 5) is 72.9. The Kier molecular flexibility index (Phi) is 72.9. The molecule has 0 aromatic carbocycles. The van der Waals surface area contributed by atoms with E-state index in [2.05, 4.69) is 27.7 Å². The summed E-state index contributed by atoms with van der Waals surface area (Å²) in [6.45, 7) is 4.99. The maximum Gasteiger partial charge on any atom is 0.472 e. The van der Waals surface area contributed by atoms with Crippen molar-refractivity contribution in [3.05, 3.63) is 0 Å². The number of phosphoric ester groups is 2. The van der Waals surface area contributed by atoms with E-state index in [1.165, 1.54) is 263 Å². The van der Waals surface area contributed by atoms with Gasteiger partial charge < -0.3 is 33.8 Å². The van der Waals surface area contributed by atoms with Gasteiger partial charge in [-0.15, -0.1) is 0 Å². The fraction of sp³-hybridized carbons (Fsp3) is 0.950. The lowest BCUT2D eigenvalue weighted by atomic mass is 10.0. The van der Waals surface area contributed by atoms with Gasteiger partial charge in [-0.25, -0.2) is 9.13 Å². The second-order valence-electron chi connectivity index (χ2n) is 28.8. The van der Waals surface area contributed by atoms with E-state index in [4.69, 9.17) is 37.0 Å². The van der Waals surface area contributed by atoms with Gasteiger partial charge in [0.25, 0.3) is 0 Å². The van der Waals surface area contributed by atoms with Crippen LogP contribution >= 0.6 is 15.6 Å². The summed E-state index contributed by atoms with van der Waals surface area (Å²) in [5, 5.41) is 10.6. The Bertz CT molecular complexity index is 1880. The Labute approximate surface area is 607 Å². The number of carbonyl (C=O) groups excluding carboxylic acids is 4. The molecule has 3 N–H and O–H groups in total.